The summed E-state index contributed by atoms with van der Waals surface area (Å²) in [6.07, 6.45) is 0.341. The molecule has 238 valence electrons. The summed E-state index contributed by atoms with van der Waals surface area (Å²) in [4.78, 5) is 24.6. The SMILES string of the molecule is CCOc1cc([C@H]2NC(=O)NC(C)=C2C(=O)OC)ccc1OC[C@@H](O)N/N=C\c1cc(Br)c(OCc2cccc(F)c2)c(Br)c1. The molecule has 0 aromatic heterocycles. The van der Waals surface area contributed by atoms with E-state index in [4.69, 9.17) is 18.9 Å². The number of carbonyl (C=O) groups is 2. The smallest absolute Gasteiger partial charge is 0.337 e. The highest BCUT2D eigenvalue weighted by molar-refractivity contribution is 9.11. The summed E-state index contributed by atoms with van der Waals surface area (Å²) in [6.45, 7) is 3.76. The van der Waals surface area contributed by atoms with Crippen LogP contribution in [-0.4, -0.2) is 49.9 Å². The van der Waals surface area contributed by atoms with Crippen molar-refractivity contribution in [1.82, 2.24) is 16.1 Å². The number of allylic oxidation sites excluding steroid dienone is 1. The fourth-order valence-corrected chi connectivity index (χ4v) is 5.84. The first-order valence-electron chi connectivity index (χ1n) is 13.7. The fraction of sp³-hybridized carbons (Fsp3) is 0.258. The lowest BCUT2D eigenvalue weighted by molar-refractivity contribution is -0.136. The number of hydrogen-bond donors (Lipinski definition) is 4. The number of carbonyl (C=O) groups excluding carboxylic acids is 2. The monoisotopic (exact) mass is 748 g/mol. The summed E-state index contributed by atoms with van der Waals surface area (Å²) in [7, 11) is 1.27. The number of methoxy groups -OCH3 is 1. The number of aliphatic hydroxyl groups excluding tert-OH is 1. The molecule has 0 saturated heterocycles. The average molecular weight is 750 g/mol. The van der Waals surface area contributed by atoms with Crippen LogP contribution in [0, 0.1) is 5.82 Å². The van der Waals surface area contributed by atoms with Gasteiger partial charge in [0.1, 0.15) is 24.8 Å². The van der Waals surface area contributed by atoms with E-state index < -0.39 is 24.3 Å². The molecule has 0 saturated carbocycles. The third kappa shape index (κ3) is 8.96. The van der Waals surface area contributed by atoms with Crippen molar-refractivity contribution in [3.63, 3.8) is 0 Å². The molecule has 3 aromatic carbocycles. The molecule has 1 aliphatic heterocycles. The van der Waals surface area contributed by atoms with Crippen LogP contribution in [0.1, 0.15) is 36.6 Å². The van der Waals surface area contributed by atoms with Gasteiger partial charge < -0.3 is 34.7 Å². The molecule has 0 aliphatic carbocycles. The summed E-state index contributed by atoms with van der Waals surface area (Å²) < 4.78 is 37.0. The maximum Gasteiger partial charge on any atom is 0.337 e. The number of esters is 1. The van der Waals surface area contributed by atoms with Crippen LogP contribution in [0.4, 0.5) is 9.18 Å². The van der Waals surface area contributed by atoms with Crippen molar-refractivity contribution >= 4 is 50.1 Å². The zero-order chi connectivity index (χ0) is 32.5. The van der Waals surface area contributed by atoms with Crippen LogP contribution < -0.4 is 30.3 Å². The number of nitrogens with one attached hydrogen (secondary N) is 3. The van der Waals surface area contributed by atoms with Gasteiger partial charge in [0.2, 0.25) is 0 Å². The maximum atomic E-state index is 13.5. The summed E-state index contributed by atoms with van der Waals surface area (Å²) in [5.74, 6) is 0.329. The van der Waals surface area contributed by atoms with Crippen LogP contribution in [-0.2, 0) is 16.1 Å². The van der Waals surface area contributed by atoms with Gasteiger partial charge in [-0.15, -0.1) is 0 Å². The number of hydrogen-bond acceptors (Lipinski definition) is 9. The van der Waals surface area contributed by atoms with Crippen LogP contribution in [0.3, 0.4) is 0 Å². The van der Waals surface area contributed by atoms with Crippen molar-refractivity contribution in [2.75, 3.05) is 20.3 Å². The van der Waals surface area contributed by atoms with Crippen molar-refractivity contribution in [3.05, 3.63) is 97.3 Å². The first-order valence-corrected chi connectivity index (χ1v) is 15.3. The van der Waals surface area contributed by atoms with Crippen LogP contribution in [0.5, 0.6) is 17.2 Å². The van der Waals surface area contributed by atoms with Gasteiger partial charge in [-0.3, -0.25) is 5.43 Å². The standard InChI is InChI=1S/C31H31Br2FN4O7/c1-4-43-25-13-20(28-27(30(40)42-3)17(2)36-31(41)37-28)8-9-24(25)44-16-26(39)38-35-14-19-11-22(32)29(23(33)12-19)45-15-18-6-5-7-21(34)10-18/h5-14,26,28,38-39H,4,15-16H2,1-3H3,(H2,36,37,41)/b35-14-/t26-,28-/m1/s1. The molecule has 3 aromatic rings. The van der Waals surface area contributed by atoms with Crippen LogP contribution >= 0.6 is 31.9 Å². The van der Waals surface area contributed by atoms with E-state index in [0.717, 1.165) is 0 Å². The molecule has 1 aliphatic rings. The Morgan fingerprint density at radius 2 is 1.87 bits per heavy atom. The topological polar surface area (TPSA) is 140 Å². The maximum absolute atomic E-state index is 13.5. The lowest BCUT2D eigenvalue weighted by atomic mass is 9.95. The quantitative estimate of drug-likeness (QED) is 0.0784. The zero-order valence-corrected chi connectivity index (χ0v) is 27.7. The zero-order valence-electron chi connectivity index (χ0n) is 24.5. The Hall–Kier alpha value is -4.14. The largest absolute Gasteiger partial charge is 0.490 e. The minimum atomic E-state index is -1.17. The number of ether oxygens (including phenoxy) is 4. The molecular weight excluding hydrogens is 719 g/mol. The molecule has 4 rings (SSSR count). The second kappa shape index (κ2) is 15.7. The molecule has 4 N–H and O–H groups in total. The van der Waals surface area contributed by atoms with E-state index in [1.165, 1.54) is 25.5 Å². The normalized spacial score (nSPS) is 15.3. The highest BCUT2D eigenvalue weighted by Gasteiger charge is 2.32. The van der Waals surface area contributed by atoms with Gasteiger partial charge >= 0.3 is 12.0 Å². The highest BCUT2D eigenvalue weighted by Crippen LogP contribution is 2.36. The molecule has 0 bridgehead atoms. The van der Waals surface area contributed by atoms with E-state index in [-0.39, 0.29) is 24.6 Å². The van der Waals surface area contributed by atoms with Gasteiger partial charge in [0.15, 0.2) is 17.7 Å². The first-order chi connectivity index (χ1) is 21.6. The molecule has 14 heteroatoms. The van der Waals surface area contributed by atoms with E-state index in [0.29, 0.717) is 55.2 Å². The van der Waals surface area contributed by atoms with Crippen molar-refractivity contribution in [2.45, 2.75) is 32.7 Å². The van der Waals surface area contributed by atoms with Crippen LogP contribution in [0.2, 0.25) is 0 Å². The summed E-state index contributed by atoms with van der Waals surface area (Å²) in [6, 6.07) is 13.5. The Labute approximate surface area is 276 Å². The Bertz CT molecular complexity index is 1600. The predicted molar refractivity (Wildman–Crippen MR) is 172 cm³/mol. The molecule has 0 fully saturated rings. The molecule has 45 heavy (non-hydrogen) atoms. The Balaban J connectivity index is 1.37. The number of aliphatic hydroxyl groups is 1. The van der Waals surface area contributed by atoms with Crippen molar-refractivity contribution in [2.24, 2.45) is 5.10 Å². The number of nitrogens with zero attached hydrogens (tertiary/aromatic N) is 1. The van der Waals surface area contributed by atoms with E-state index in [2.05, 4.69) is 53.0 Å². The van der Waals surface area contributed by atoms with Crippen molar-refractivity contribution in [3.8, 4) is 17.2 Å². The van der Waals surface area contributed by atoms with E-state index >= 15 is 0 Å². The third-order valence-corrected chi connectivity index (χ3v) is 7.58. The summed E-state index contributed by atoms with van der Waals surface area (Å²) >= 11 is 6.97. The fourth-order valence-electron chi connectivity index (χ4n) is 4.39. The molecule has 2 atom stereocenters. The molecule has 11 nitrogen and oxygen atoms in total. The second-order valence-electron chi connectivity index (χ2n) is 9.65. The Morgan fingerprint density at radius 3 is 2.56 bits per heavy atom. The van der Waals surface area contributed by atoms with E-state index in [1.54, 1.807) is 56.3 Å². The molecule has 2 amide bonds. The van der Waals surface area contributed by atoms with Crippen molar-refractivity contribution in [1.29, 1.82) is 0 Å². The van der Waals surface area contributed by atoms with E-state index in [1.807, 2.05) is 0 Å². The lowest BCUT2D eigenvalue weighted by Gasteiger charge is -2.28. The summed E-state index contributed by atoms with van der Waals surface area (Å²) in [5, 5.41) is 19.8. The number of urea groups is 1. The van der Waals surface area contributed by atoms with Gasteiger partial charge in [0.05, 0.1) is 40.5 Å². The first kappa shape index (κ1) is 33.7. The number of halogens is 3. The van der Waals surface area contributed by atoms with Gasteiger partial charge in [0, 0.05) is 5.70 Å². The number of benzene rings is 3. The van der Waals surface area contributed by atoms with Gasteiger partial charge in [-0.2, -0.15) is 5.10 Å². The number of amides is 2. The van der Waals surface area contributed by atoms with E-state index in [9.17, 15) is 19.1 Å². The number of rotatable bonds is 13. The van der Waals surface area contributed by atoms with Gasteiger partial charge in [-0.25, -0.2) is 14.0 Å². The second-order valence-corrected chi connectivity index (χ2v) is 11.4. The minimum absolute atomic E-state index is 0.173. The predicted octanol–water partition coefficient (Wildman–Crippen LogP) is 5.45. The van der Waals surface area contributed by atoms with Crippen molar-refractivity contribution < 1.29 is 38.0 Å². The molecule has 0 radical (unpaired) electrons. The van der Waals surface area contributed by atoms with Crippen LogP contribution in [0.15, 0.2) is 79.9 Å². The molecule has 0 unspecified atom stereocenters. The molecule has 1 heterocycles. The lowest BCUT2D eigenvalue weighted by Crippen LogP contribution is -2.45. The Kier molecular flexibility index (Phi) is 11.8. The van der Waals surface area contributed by atoms with Gasteiger partial charge in [-0.05, 0) is 98.8 Å². The molecule has 0 spiro atoms. The number of hydrazone groups is 1. The Morgan fingerprint density at radius 1 is 1.11 bits per heavy atom. The van der Waals surface area contributed by atoms with Gasteiger partial charge in [0.25, 0.3) is 0 Å². The average Bonchev–Trinajstić information content (AvgIpc) is 2.99. The van der Waals surface area contributed by atoms with Crippen LogP contribution in [0.25, 0.3) is 0 Å². The minimum Gasteiger partial charge on any atom is -0.490 e. The highest BCUT2D eigenvalue weighted by atomic mass is 79.9. The molecular formula is C31H31Br2FN4O7. The summed E-state index contributed by atoms with van der Waals surface area (Å²) in [5.41, 5.74) is 5.21. The third-order valence-electron chi connectivity index (χ3n) is 6.40. The van der Waals surface area contributed by atoms with Gasteiger partial charge in [-0.1, -0.05) is 18.2 Å².